The Hall–Kier alpha value is -1.58. The summed E-state index contributed by atoms with van der Waals surface area (Å²) in [5.74, 6) is 2.23. The minimum Gasteiger partial charge on any atom is -0.396 e. The molecular weight excluding hydrogens is 243 g/mol. The largest absolute Gasteiger partial charge is 0.396 e. The van der Waals surface area contributed by atoms with Gasteiger partial charge in [0.1, 0.15) is 5.82 Å². The highest BCUT2D eigenvalue weighted by atomic mass is 19.1. The number of fused-ring (bicyclic) bond motifs is 5. The van der Waals surface area contributed by atoms with Crippen LogP contribution in [0.25, 0.3) is 0 Å². The number of halogens is 1. The Labute approximate surface area is 111 Å². The average molecular weight is 260 g/mol. The van der Waals surface area contributed by atoms with E-state index in [0.717, 1.165) is 11.8 Å². The topological polar surface area (TPSA) is 55.1 Å². The van der Waals surface area contributed by atoms with Crippen LogP contribution in [-0.2, 0) is 0 Å². The fraction of sp³-hybridized carbons (Fsp3) is 0.533. The quantitative estimate of drug-likeness (QED) is 0.801. The second-order valence-corrected chi connectivity index (χ2v) is 6.19. The zero-order valence-corrected chi connectivity index (χ0v) is 10.6. The molecule has 4 rings (SSSR count). The molecule has 0 radical (unpaired) electrons. The Balaban J connectivity index is 1.50. The lowest BCUT2D eigenvalue weighted by molar-refractivity contribution is 0.0945. The summed E-state index contributed by atoms with van der Waals surface area (Å²) >= 11 is 0. The van der Waals surface area contributed by atoms with Gasteiger partial charge in [0.15, 0.2) is 0 Å². The summed E-state index contributed by atoms with van der Waals surface area (Å²) < 4.78 is 13.4. The standard InChI is InChI=1S/C15H17FN2O/c16-10-3-1-2-9(13(10)17)15(19)18-14-11-7-4-5-8(6-7)12(11)14/h1-3,7-8,11-12,14H,4-6,17H2,(H,18,19). The first kappa shape index (κ1) is 11.3. The minimum atomic E-state index is -0.524. The minimum absolute atomic E-state index is 0.0474. The van der Waals surface area contributed by atoms with Crippen LogP contribution >= 0.6 is 0 Å². The van der Waals surface area contributed by atoms with E-state index >= 15 is 0 Å². The van der Waals surface area contributed by atoms with Crippen LogP contribution in [0.4, 0.5) is 10.1 Å². The van der Waals surface area contributed by atoms with Crippen molar-refractivity contribution in [1.82, 2.24) is 5.32 Å². The fourth-order valence-corrected chi connectivity index (χ4v) is 4.48. The van der Waals surface area contributed by atoms with Gasteiger partial charge in [-0.2, -0.15) is 0 Å². The number of nitrogens with one attached hydrogen (secondary N) is 1. The van der Waals surface area contributed by atoms with Crippen LogP contribution in [0.1, 0.15) is 29.6 Å². The molecule has 4 unspecified atom stereocenters. The summed E-state index contributed by atoms with van der Waals surface area (Å²) in [6, 6.07) is 4.69. The molecule has 100 valence electrons. The van der Waals surface area contributed by atoms with Crippen molar-refractivity contribution in [2.75, 3.05) is 5.73 Å². The van der Waals surface area contributed by atoms with Crippen molar-refractivity contribution in [3.63, 3.8) is 0 Å². The number of hydrogen-bond acceptors (Lipinski definition) is 2. The van der Waals surface area contributed by atoms with E-state index in [9.17, 15) is 9.18 Å². The molecule has 3 nitrogen and oxygen atoms in total. The maximum Gasteiger partial charge on any atom is 0.253 e. The number of amides is 1. The lowest BCUT2D eigenvalue weighted by Crippen LogP contribution is -2.30. The predicted octanol–water partition coefficient (Wildman–Crippen LogP) is 2.18. The van der Waals surface area contributed by atoms with E-state index in [2.05, 4.69) is 5.32 Å². The predicted molar refractivity (Wildman–Crippen MR) is 69.9 cm³/mol. The van der Waals surface area contributed by atoms with Gasteiger partial charge in [0.25, 0.3) is 5.91 Å². The molecule has 1 aromatic carbocycles. The summed E-state index contributed by atoms with van der Waals surface area (Å²) in [5.41, 5.74) is 5.84. The SMILES string of the molecule is Nc1c(F)cccc1C(=O)NC1C2C3CCC(C3)C12. The summed E-state index contributed by atoms with van der Waals surface area (Å²) in [7, 11) is 0. The van der Waals surface area contributed by atoms with E-state index in [0.29, 0.717) is 17.9 Å². The zero-order chi connectivity index (χ0) is 13.1. The summed E-state index contributed by atoms with van der Waals surface area (Å²) in [6.45, 7) is 0. The van der Waals surface area contributed by atoms with Crippen molar-refractivity contribution < 1.29 is 9.18 Å². The molecule has 19 heavy (non-hydrogen) atoms. The molecule has 0 heterocycles. The Morgan fingerprint density at radius 2 is 1.95 bits per heavy atom. The molecule has 3 aliphatic rings. The molecule has 1 amide bonds. The first-order valence-electron chi connectivity index (χ1n) is 7.01. The summed E-state index contributed by atoms with van der Waals surface area (Å²) in [4.78, 5) is 12.2. The Morgan fingerprint density at radius 1 is 1.26 bits per heavy atom. The number of nitrogens with two attached hydrogens (primary N) is 1. The number of benzene rings is 1. The first-order valence-corrected chi connectivity index (χ1v) is 7.01. The van der Waals surface area contributed by atoms with Gasteiger partial charge in [0.05, 0.1) is 11.3 Å². The van der Waals surface area contributed by atoms with Crippen molar-refractivity contribution in [2.24, 2.45) is 23.7 Å². The van der Waals surface area contributed by atoms with Crippen molar-refractivity contribution in [3.05, 3.63) is 29.6 Å². The summed E-state index contributed by atoms with van der Waals surface area (Å²) in [5, 5.41) is 3.06. The van der Waals surface area contributed by atoms with Crippen LogP contribution in [0.3, 0.4) is 0 Å². The molecule has 3 aliphatic carbocycles. The fourth-order valence-electron chi connectivity index (χ4n) is 4.48. The van der Waals surface area contributed by atoms with Gasteiger partial charge in [-0.15, -0.1) is 0 Å². The smallest absolute Gasteiger partial charge is 0.253 e. The Bertz CT molecular complexity index is 543. The third kappa shape index (κ3) is 1.52. The van der Waals surface area contributed by atoms with Gasteiger partial charge in [-0.1, -0.05) is 6.07 Å². The maximum atomic E-state index is 13.4. The molecule has 3 fully saturated rings. The number of carbonyl (C=O) groups is 1. The van der Waals surface area contributed by atoms with Crippen LogP contribution in [0.15, 0.2) is 18.2 Å². The molecule has 4 atom stereocenters. The molecule has 4 heteroatoms. The molecule has 0 saturated heterocycles. The van der Waals surface area contributed by atoms with Crippen LogP contribution in [-0.4, -0.2) is 11.9 Å². The first-order chi connectivity index (χ1) is 9.16. The maximum absolute atomic E-state index is 13.4. The second kappa shape index (κ2) is 3.71. The van der Waals surface area contributed by atoms with E-state index in [1.165, 1.54) is 31.4 Å². The molecule has 2 bridgehead atoms. The van der Waals surface area contributed by atoms with Crippen molar-refractivity contribution in [1.29, 1.82) is 0 Å². The molecule has 3 saturated carbocycles. The molecule has 0 spiro atoms. The zero-order valence-electron chi connectivity index (χ0n) is 10.6. The Morgan fingerprint density at radius 3 is 2.63 bits per heavy atom. The molecular formula is C15H17FN2O. The molecule has 3 N–H and O–H groups in total. The van der Waals surface area contributed by atoms with Gasteiger partial charge in [-0.25, -0.2) is 4.39 Å². The van der Waals surface area contributed by atoms with Gasteiger partial charge in [-0.3, -0.25) is 4.79 Å². The van der Waals surface area contributed by atoms with Gasteiger partial charge >= 0.3 is 0 Å². The van der Waals surface area contributed by atoms with Crippen molar-refractivity contribution >= 4 is 11.6 Å². The number of nitrogen functional groups attached to an aromatic ring is 1. The number of rotatable bonds is 2. The van der Waals surface area contributed by atoms with E-state index in [4.69, 9.17) is 5.73 Å². The van der Waals surface area contributed by atoms with E-state index in [1.54, 1.807) is 6.07 Å². The highest BCUT2D eigenvalue weighted by Gasteiger charge is 2.65. The second-order valence-electron chi connectivity index (χ2n) is 6.19. The normalized spacial score (nSPS) is 38.1. The van der Waals surface area contributed by atoms with Crippen molar-refractivity contribution in [3.8, 4) is 0 Å². The highest BCUT2D eigenvalue weighted by Crippen LogP contribution is 2.65. The number of hydrogen-bond donors (Lipinski definition) is 2. The molecule has 0 aromatic heterocycles. The molecule has 0 aliphatic heterocycles. The third-order valence-corrected chi connectivity index (χ3v) is 5.33. The lowest BCUT2D eigenvalue weighted by atomic mass is 10.0. The van der Waals surface area contributed by atoms with Crippen LogP contribution < -0.4 is 11.1 Å². The Kier molecular flexibility index (Phi) is 2.20. The van der Waals surface area contributed by atoms with Gasteiger partial charge in [0.2, 0.25) is 0 Å². The van der Waals surface area contributed by atoms with E-state index in [-0.39, 0.29) is 17.2 Å². The van der Waals surface area contributed by atoms with Gasteiger partial charge in [-0.05, 0) is 55.1 Å². The van der Waals surface area contributed by atoms with Crippen LogP contribution in [0, 0.1) is 29.5 Å². The van der Waals surface area contributed by atoms with Crippen molar-refractivity contribution in [2.45, 2.75) is 25.3 Å². The average Bonchev–Trinajstić information content (AvgIpc) is 2.81. The number of anilines is 1. The third-order valence-electron chi connectivity index (χ3n) is 5.33. The van der Waals surface area contributed by atoms with Gasteiger partial charge in [0, 0.05) is 6.04 Å². The van der Waals surface area contributed by atoms with E-state index in [1.807, 2.05) is 0 Å². The summed E-state index contributed by atoms with van der Waals surface area (Å²) in [6.07, 6.45) is 3.99. The molecule has 1 aromatic rings. The van der Waals surface area contributed by atoms with E-state index < -0.39 is 5.82 Å². The number of para-hydroxylation sites is 1. The van der Waals surface area contributed by atoms with Crippen LogP contribution in [0.2, 0.25) is 0 Å². The van der Waals surface area contributed by atoms with Gasteiger partial charge < -0.3 is 11.1 Å². The number of carbonyl (C=O) groups excluding carboxylic acids is 1. The lowest BCUT2D eigenvalue weighted by Gasteiger charge is -2.12. The highest BCUT2D eigenvalue weighted by molar-refractivity contribution is 5.99. The monoisotopic (exact) mass is 260 g/mol. The van der Waals surface area contributed by atoms with Crippen LogP contribution in [0.5, 0.6) is 0 Å².